The number of hydrogen-bond donors (Lipinski definition) is 0. The van der Waals surface area contributed by atoms with Crippen LogP contribution in [-0.2, 0) is 0 Å². The van der Waals surface area contributed by atoms with Gasteiger partial charge in [-0.3, -0.25) is 13.7 Å². The first-order chi connectivity index (χ1) is 11.6. The Hall–Kier alpha value is -0.283. The van der Waals surface area contributed by atoms with E-state index in [1.807, 2.05) is 0 Å². The van der Waals surface area contributed by atoms with Crippen LogP contribution < -0.4 is 0 Å². The van der Waals surface area contributed by atoms with Gasteiger partial charge in [0.25, 0.3) is 0 Å². The van der Waals surface area contributed by atoms with Gasteiger partial charge in [0.2, 0.25) is 0 Å². The maximum atomic E-state index is 4.41. The van der Waals surface area contributed by atoms with Crippen LogP contribution >= 0.6 is 0 Å². The molecule has 3 heterocycles. The Bertz CT molecular complexity index is 354. The Kier molecular flexibility index (Phi) is 6.13. The van der Waals surface area contributed by atoms with Gasteiger partial charge in [-0.1, -0.05) is 5.70 Å². The first-order valence-corrected chi connectivity index (χ1v) is 11.4. The standard InChI is InChI=1S/C17H36N6Si/c1-5-24(21-12-6-18(2)7-13-21,22-14-8-19(3)9-15-22)23-16-10-20(4)11-17-23/h5H,1,6-17H2,2-4H3. The second kappa shape index (κ2) is 7.95. The molecule has 138 valence electrons. The highest BCUT2D eigenvalue weighted by molar-refractivity contribution is 6.76. The Labute approximate surface area is 149 Å². The van der Waals surface area contributed by atoms with Crippen molar-refractivity contribution in [1.82, 2.24) is 28.4 Å². The zero-order chi connectivity index (χ0) is 17.2. The Morgan fingerprint density at radius 2 is 0.792 bits per heavy atom. The van der Waals surface area contributed by atoms with Crippen LogP contribution in [0.3, 0.4) is 0 Å². The summed E-state index contributed by atoms with van der Waals surface area (Å²) in [6.07, 6.45) is 0. The lowest BCUT2D eigenvalue weighted by molar-refractivity contribution is 0.127. The minimum Gasteiger partial charge on any atom is -0.304 e. The Morgan fingerprint density at radius 1 is 0.542 bits per heavy atom. The third kappa shape index (κ3) is 3.62. The van der Waals surface area contributed by atoms with Gasteiger partial charge in [-0.25, -0.2) is 0 Å². The van der Waals surface area contributed by atoms with E-state index in [1.54, 1.807) is 0 Å². The molecule has 0 radical (unpaired) electrons. The molecule has 0 atom stereocenters. The lowest BCUT2D eigenvalue weighted by Crippen LogP contribution is -2.79. The molecule has 0 unspecified atom stereocenters. The van der Waals surface area contributed by atoms with Gasteiger partial charge in [-0.2, -0.15) is 0 Å². The van der Waals surface area contributed by atoms with Gasteiger partial charge in [0.1, 0.15) is 0 Å². The van der Waals surface area contributed by atoms with E-state index in [2.05, 4.69) is 61.8 Å². The van der Waals surface area contributed by atoms with Crippen molar-refractivity contribution in [3.05, 3.63) is 12.3 Å². The highest BCUT2D eigenvalue weighted by Crippen LogP contribution is 2.26. The van der Waals surface area contributed by atoms with Crippen LogP contribution in [0.15, 0.2) is 12.3 Å². The molecule has 0 aromatic rings. The molecule has 3 saturated heterocycles. The van der Waals surface area contributed by atoms with E-state index in [1.165, 1.54) is 78.5 Å². The summed E-state index contributed by atoms with van der Waals surface area (Å²) in [5.41, 5.74) is 2.38. The van der Waals surface area contributed by atoms with E-state index in [0.29, 0.717) is 0 Å². The second-order valence-corrected chi connectivity index (χ2v) is 11.4. The summed E-state index contributed by atoms with van der Waals surface area (Å²) in [5, 5.41) is 0. The van der Waals surface area contributed by atoms with Crippen LogP contribution in [0.2, 0.25) is 0 Å². The van der Waals surface area contributed by atoms with Crippen molar-refractivity contribution in [2.24, 2.45) is 0 Å². The van der Waals surface area contributed by atoms with E-state index in [0.717, 1.165) is 0 Å². The van der Waals surface area contributed by atoms with Crippen LogP contribution in [0, 0.1) is 0 Å². The minimum absolute atomic E-state index is 1.18. The average Bonchev–Trinajstić information content (AvgIpc) is 2.60. The van der Waals surface area contributed by atoms with Crippen LogP contribution in [0.5, 0.6) is 0 Å². The van der Waals surface area contributed by atoms with Crippen molar-refractivity contribution < 1.29 is 0 Å². The van der Waals surface area contributed by atoms with Gasteiger partial charge in [-0.05, 0) is 21.1 Å². The lowest BCUT2D eigenvalue weighted by atomic mass is 10.4. The van der Waals surface area contributed by atoms with Gasteiger partial charge >= 0.3 is 8.56 Å². The summed E-state index contributed by atoms with van der Waals surface area (Å²) in [5.74, 6) is 0. The van der Waals surface area contributed by atoms with E-state index in [4.69, 9.17) is 0 Å². The van der Waals surface area contributed by atoms with Crippen molar-refractivity contribution in [2.75, 3.05) is 99.7 Å². The number of likely N-dealkylation sites (N-methyl/N-ethyl adjacent to an activating group) is 3. The summed E-state index contributed by atoms with van der Waals surface area (Å²) >= 11 is 0. The molecule has 0 aromatic carbocycles. The molecule has 6 nitrogen and oxygen atoms in total. The third-order valence-corrected chi connectivity index (χ3v) is 10.9. The van der Waals surface area contributed by atoms with Crippen molar-refractivity contribution in [2.45, 2.75) is 0 Å². The Morgan fingerprint density at radius 3 is 1.00 bits per heavy atom. The summed E-state index contributed by atoms with van der Waals surface area (Å²) in [4.78, 5) is 7.39. The molecule has 7 heteroatoms. The molecule has 0 spiro atoms. The molecule has 0 aliphatic carbocycles. The van der Waals surface area contributed by atoms with Crippen molar-refractivity contribution in [3.63, 3.8) is 0 Å². The number of nitrogens with zero attached hydrogens (tertiary/aromatic N) is 6. The minimum atomic E-state index is -1.97. The van der Waals surface area contributed by atoms with Crippen molar-refractivity contribution in [1.29, 1.82) is 0 Å². The van der Waals surface area contributed by atoms with Crippen LogP contribution in [0.1, 0.15) is 0 Å². The van der Waals surface area contributed by atoms with E-state index < -0.39 is 8.56 Å². The van der Waals surface area contributed by atoms with E-state index >= 15 is 0 Å². The van der Waals surface area contributed by atoms with Crippen molar-refractivity contribution in [3.8, 4) is 0 Å². The van der Waals surface area contributed by atoms with Crippen LogP contribution in [0.25, 0.3) is 0 Å². The van der Waals surface area contributed by atoms with Crippen molar-refractivity contribution >= 4 is 8.56 Å². The van der Waals surface area contributed by atoms with Crippen LogP contribution in [0.4, 0.5) is 0 Å². The molecule has 3 fully saturated rings. The zero-order valence-corrected chi connectivity index (χ0v) is 17.0. The molecule has 24 heavy (non-hydrogen) atoms. The van der Waals surface area contributed by atoms with E-state index in [9.17, 15) is 0 Å². The second-order valence-electron chi connectivity index (χ2n) is 7.76. The summed E-state index contributed by atoms with van der Waals surface area (Å²) < 4.78 is 8.49. The molecular formula is C17H36N6Si. The SMILES string of the molecule is C=C[Si](N1CCN(C)CC1)(N1CCN(C)CC1)N1CCN(C)CC1. The van der Waals surface area contributed by atoms with Gasteiger partial charge in [-0.15, -0.1) is 6.58 Å². The van der Waals surface area contributed by atoms with Gasteiger partial charge in [0.15, 0.2) is 0 Å². The number of piperazine rings is 3. The van der Waals surface area contributed by atoms with Crippen LogP contribution in [-0.4, -0.2) is 137 Å². The average molecular weight is 353 g/mol. The first kappa shape index (κ1) is 18.5. The van der Waals surface area contributed by atoms with Gasteiger partial charge in [0.05, 0.1) is 0 Å². The largest absolute Gasteiger partial charge is 0.315 e. The normalized spacial score (nSPS) is 28.3. The zero-order valence-electron chi connectivity index (χ0n) is 16.0. The van der Waals surface area contributed by atoms with E-state index in [-0.39, 0.29) is 0 Å². The Balaban J connectivity index is 1.84. The number of hydrogen-bond acceptors (Lipinski definition) is 6. The molecule has 0 amide bonds. The third-order valence-electron chi connectivity index (χ3n) is 6.18. The van der Waals surface area contributed by atoms with Gasteiger partial charge in [0, 0.05) is 78.5 Å². The molecular weight excluding hydrogens is 316 g/mol. The molecule has 3 rings (SSSR count). The fourth-order valence-electron chi connectivity index (χ4n) is 4.39. The number of rotatable bonds is 4. The highest BCUT2D eigenvalue weighted by Gasteiger charge is 2.50. The predicted octanol–water partition coefficient (Wildman–Crippen LogP) is -0.607. The quantitative estimate of drug-likeness (QED) is 0.625. The molecule has 0 aromatic heterocycles. The topological polar surface area (TPSA) is 19.4 Å². The lowest BCUT2D eigenvalue weighted by Gasteiger charge is -2.56. The highest BCUT2D eigenvalue weighted by atomic mass is 28.4. The van der Waals surface area contributed by atoms with Gasteiger partial charge < -0.3 is 14.7 Å². The molecule has 0 bridgehead atoms. The fourth-order valence-corrected chi connectivity index (χ4v) is 8.94. The summed E-state index contributed by atoms with van der Waals surface area (Å²) in [6, 6.07) is 0. The monoisotopic (exact) mass is 352 g/mol. The first-order valence-electron chi connectivity index (χ1n) is 9.50. The smallest absolute Gasteiger partial charge is 0.304 e. The maximum absolute atomic E-state index is 4.41. The predicted molar refractivity (Wildman–Crippen MR) is 103 cm³/mol. The fraction of sp³-hybridized carbons (Fsp3) is 0.882. The summed E-state index contributed by atoms with van der Waals surface area (Å²) in [7, 11) is 4.78. The summed E-state index contributed by atoms with van der Waals surface area (Å²) in [6.45, 7) is 18.6. The molecule has 0 N–H and O–H groups in total. The molecule has 0 saturated carbocycles. The molecule has 3 aliphatic rings. The molecule has 3 aliphatic heterocycles. The maximum Gasteiger partial charge on any atom is 0.315 e.